The number of aliphatic imine (C=N–C) groups is 1. The highest BCUT2D eigenvalue weighted by molar-refractivity contribution is 6.09. The van der Waals surface area contributed by atoms with E-state index in [9.17, 15) is 4.79 Å². The van der Waals surface area contributed by atoms with E-state index in [2.05, 4.69) is 22.5 Å². The first-order valence-corrected chi connectivity index (χ1v) is 7.39. The molecule has 2 saturated carbocycles. The van der Waals surface area contributed by atoms with E-state index in [1.807, 2.05) is 0 Å². The predicted molar refractivity (Wildman–Crippen MR) is 71.3 cm³/mol. The molecule has 0 radical (unpaired) electrons. The molecule has 3 rings (SSSR count). The number of rotatable bonds is 3. The largest absolute Gasteiger partial charge is 0.342 e. The number of carbonyl (C=O) groups is 1. The molecular weight excluding hydrogens is 226 g/mol. The van der Waals surface area contributed by atoms with Gasteiger partial charge in [0, 0.05) is 0 Å². The molecule has 1 amide bonds. The van der Waals surface area contributed by atoms with Gasteiger partial charge in [-0.2, -0.15) is 0 Å². The summed E-state index contributed by atoms with van der Waals surface area (Å²) >= 11 is 0. The molecule has 0 atom stereocenters. The first-order valence-electron chi connectivity index (χ1n) is 7.39. The molecule has 3 fully saturated rings. The Hall–Kier alpha value is -1.06. The Balaban J connectivity index is 1.63. The second kappa shape index (κ2) is 4.56. The molecule has 4 heteroatoms. The summed E-state index contributed by atoms with van der Waals surface area (Å²) in [7, 11) is 0. The molecule has 3 aliphatic rings. The summed E-state index contributed by atoms with van der Waals surface area (Å²) in [4.78, 5) is 16.7. The summed E-state index contributed by atoms with van der Waals surface area (Å²) in [5.41, 5.74) is -0.335. The maximum atomic E-state index is 12.2. The number of guanidine groups is 1. The van der Waals surface area contributed by atoms with Crippen molar-refractivity contribution in [2.45, 2.75) is 69.9 Å². The van der Waals surface area contributed by atoms with Crippen molar-refractivity contribution >= 4 is 11.9 Å². The lowest BCUT2D eigenvalue weighted by Gasteiger charge is -2.34. The zero-order chi connectivity index (χ0) is 12.6. The van der Waals surface area contributed by atoms with Crippen LogP contribution >= 0.6 is 0 Å². The molecule has 4 nitrogen and oxygen atoms in total. The fourth-order valence-corrected chi connectivity index (χ4v) is 3.21. The smallest absolute Gasteiger partial charge is 0.252 e. The molecule has 1 spiro atoms. The van der Waals surface area contributed by atoms with Crippen LogP contribution in [0.4, 0.5) is 0 Å². The second-order valence-corrected chi connectivity index (χ2v) is 6.10. The van der Waals surface area contributed by atoms with Crippen LogP contribution in [0.2, 0.25) is 0 Å². The number of carbonyl (C=O) groups excluding carboxylic acids is 1. The SMILES string of the molecule is CCCC1CCC2(CC1)NC(=NC1CC1)NC2=O. The zero-order valence-electron chi connectivity index (χ0n) is 11.2. The van der Waals surface area contributed by atoms with Crippen LogP contribution in [-0.2, 0) is 4.79 Å². The van der Waals surface area contributed by atoms with Gasteiger partial charge < -0.3 is 5.32 Å². The molecule has 18 heavy (non-hydrogen) atoms. The van der Waals surface area contributed by atoms with Crippen molar-refractivity contribution in [1.82, 2.24) is 10.6 Å². The fourth-order valence-electron chi connectivity index (χ4n) is 3.21. The lowest BCUT2D eigenvalue weighted by atomic mass is 9.75. The lowest BCUT2D eigenvalue weighted by molar-refractivity contribution is -0.125. The Labute approximate surface area is 109 Å². The lowest BCUT2D eigenvalue weighted by Crippen LogP contribution is -2.49. The van der Waals surface area contributed by atoms with Gasteiger partial charge in [-0.3, -0.25) is 10.1 Å². The average Bonchev–Trinajstić information content (AvgIpc) is 3.10. The average molecular weight is 249 g/mol. The van der Waals surface area contributed by atoms with E-state index in [-0.39, 0.29) is 11.4 Å². The second-order valence-electron chi connectivity index (χ2n) is 6.10. The number of nitrogens with one attached hydrogen (secondary N) is 2. The highest BCUT2D eigenvalue weighted by Crippen LogP contribution is 2.36. The Morgan fingerprint density at radius 2 is 2.00 bits per heavy atom. The van der Waals surface area contributed by atoms with Gasteiger partial charge in [-0.15, -0.1) is 0 Å². The summed E-state index contributed by atoms with van der Waals surface area (Å²) in [6.45, 7) is 2.24. The molecule has 0 aromatic heterocycles. The van der Waals surface area contributed by atoms with E-state index in [4.69, 9.17) is 0 Å². The van der Waals surface area contributed by atoms with Crippen LogP contribution < -0.4 is 10.6 Å². The molecule has 2 aliphatic carbocycles. The Kier molecular flexibility index (Phi) is 3.04. The third-order valence-electron chi connectivity index (χ3n) is 4.54. The van der Waals surface area contributed by atoms with Crippen LogP contribution in [0.25, 0.3) is 0 Å². The van der Waals surface area contributed by atoms with Gasteiger partial charge in [0.05, 0.1) is 6.04 Å². The summed E-state index contributed by atoms with van der Waals surface area (Å²) in [6.07, 6.45) is 9.18. The number of hydrogen-bond acceptors (Lipinski definition) is 2. The van der Waals surface area contributed by atoms with Crippen LogP contribution in [0, 0.1) is 5.92 Å². The quantitative estimate of drug-likeness (QED) is 0.803. The Bertz CT molecular complexity index is 365. The van der Waals surface area contributed by atoms with Gasteiger partial charge in [0.2, 0.25) is 0 Å². The molecule has 0 aromatic carbocycles. The van der Waals surface area contributed by atoms with Crippen LogP contribution in [-0.4, -0.2) is 23.4 Å². The summed E-state index contributed by atoms with van der Waals surface area (Å²) in [5, 5.41) is 6.31. The molecular formula is C14H23N3O. The third-order valence-corrected chi connectivity index (χ3v) is 4.54. The van der Waals surface area contributed by atoms with E-state index in [0.717, 1.165) is 24.7 Å². The highest BCUT2D eigenvalue weighted by atomic mass is 16.2. The maximum absolute atomic E-state index is 12.2. The first kappa shape index (κ1) is 12.0. The van der Waals surface area contributed by atoms with Crippen molar-refractivity contribution in [2.24, 2.45) is 10.9 Å². The van der Waals surface area contributed by atoms with E-state index >= 15 is 0 Å². The van der Waals surface area contributed by atoms with E-state index in [1.54, 1.807) is 0 Å². The molecule has 1 heterocycles. The molecule has 0 bridgehead atoms. The molecule has 0 unspecified atom stereocenters. The standard InChI is InChI=1S/C14H23N3O/c1-2-3-10-6-8-14(9-7-10)12(18)16-13(17-14)15-11-4-5-11/h10-11H,2-9H2,1H3,(H2,15,16,17,18). The number of hydrogen-bond donors (Lipinski definition) is 2. The van der Waals surface area contributed by atoms with Crippen molar-refractivity contribution in [3.8, 4) is 0 Å². The summed E-state index contributed by atoms with van der Waals surface area (Å²) in [5.74, 6) is 1.70. The van der Waals surface area contributed by atoms with Crippen LogP contribution in [0.1, 0.15) is 58.3 Å². The van der Waals surface area contributed by atoms with Crippen LogP contribution in [0.15, 0.2) is 4.99 Å². The van der Waals surface area contributed by atoms with Crippen molar-refractivity contribution in [1.29, 1.82) is 0 Å². The van der Waals surface area contributed by atoms with Gasteiger partial charge in [-0.25, -0.2) is 4.99 Å². The van der Waals surface area contributed by atoms with E-state index < -0.39 is 0 Å². The normalized spacial score (nSPS) is 37.9. The first-order chi connectivity index (χ1) is 8.72. The van der Waals surface area contributed by atoms with E-state index in [0.29, 0.717) is 6.04 Å². The van der Waals surface area contributed by atoms with Gasteiger partial charge in [-0.1, -0.05) is 19.8 Å². The topological polar surface area (TPSA) is 53.5 Å². The monoisotopic (exact) mass is 249 g/mol. The molecule has 2 N–H and O–H groups in total. The predicted octanol–water partition coefficient (Wildman–Crippen LogP) is 1.95. The van der Waals surface area contributed by atoms with Gasteiger partial charge in [-0.05, 0) is 44.4 Å². The zero-order valence-corrected chi connectivity index (χ0v) is 11.2. The van der Waals surface area contributed by atoms with Gasteiger partial charge in [0.15, 0.2) is 5.96 Å². The van der Waals surface area contributed by atoms with Crippen LogP contribution in [0.3, 0.4) is 0 Å². The Morgan fingerprint density at radius 3 is 2.61 bits per heavy atom. The van der Waals surface area contributed by atoms with E-state index in [1.165, 1.54) is 38.5 Å². The number of nitrogens with zero attached hydrogens (tertiary/aromatic N) is 1. The minimum absolute atomic E-state index is 0.150. The molecule has 1 saturated heterocycles. The Morgan fingerprint density at radius 1 is 1.28 bits per heavy atom. The number of amides is 1. The summed E-state index contributed by atoms with van der Waals surface area (Å²) < 4.78 is 0. The summed E-state index contributed by atoms with van der Waals surface area (Å²) in [6, 6.07) is 0.458. The highest BCUT2D eigenvalue weighted by Gasteiger charge is 2.47. The van der Waals surface area contributed by atoms with Crippen molar-refractivity contribution in [3.63, 3.8) is 0 Å². The van der Waals surface area contributed by atoms with Gasteiger partial charge >= 0.3 is 0 Å². The van der Waals surface area contributed by atoms with Crippen molar-refractivity contribution in [3.05, 3.63) is 0 Å². The van der Waals surface area contributed by atoms with Crippen LogP contribution in [0.5, 0.6) is 0 Å². The van der Waals surface area contributed by atoms with Crippen molar-refractivity contribution in [2.75, 3.05) is 0 Å². The van der Waals surface area contributed by atoms with Gasteiger partial charge in [0.1, 0.15) is 5.54 Å². The minimum atomic E-state index is -0.335. The molecule has 100 valence electrons. The molecule has 0 aromatic rings. The van der Waals surface area contributed by atoms with Crippen molar-refractivity contribution < 1.29 is 4.79 Å². The minimum Gasteiger partial charge on any atom is -0.342 e. The molecule has 1 aliphatic heterocycles. The maximum Gasteiger partial charge on any atom is 0.252 e. The van der Waals surface area contributed by atoms with Gasteiger partial charge in [0.25, 0.3) is 5.91 Å². The third kappa shape index (κ3) is 2.25. The fraction of sp³-hybridized carbons (Fsp3) is 0.857.